The predicted octanol–water partition coefficient (Wildman–Crippen LogP) is 7.60. The van der Waals surface area contributed by atoms with Gasteiger partial charge >= 0.3 is 30.2 Å². The van der Waals surface area contributed by atoms with E-state index in [0.717, 1.165) is 6.42 Å². The van der Waals surface area contributed by atoms with E-state index in [1.54, 1.807) is 0 Å². The third-order valence-corrected chi connectivity index (χ3v) is 4.71. The Hall–Kier alpha value is -0.353. The van der Waals surface area contributed by atoms with Gasteiger partial charge in [0.25, 0.3) is 0 Å². The van der Waals surface area contributed by atoms with Gasteiger partial charge in [-0.05, 0) is 19.6 Å². The van der Waals surface area contributed by atoms with Crippen molar-refractivity contribution in [2.24, 2.45) is 0 Å². The fraction of sp³-hybridized carbons (Fsp3) is 0.208. The quantitative estimate of drug-likeness (QED) is 0.234. The molecule has 1 aliphatic rings. The zero-order chi connectivity index (χ0) is 20.1. The van der Waals surface area contributed by atoms with E-state index in [1.807, 2.05) is 12.2 Å². The summed E-state index contributed by atoms with van der Waals surface area (Å²) < 4.78 is 5.26. The van der Waals surface area contributed by atoms with E-state index in [2.05, 4.69) is 100 Å². The molecule has 0 spiro atoms. The Balaban J connectivity index is -0.000000372. The van der Waals surface area contributed by atoms with Gasteiger partial charge in [0.05, 0.1) is 0 Å². The second-order valence-electron chi connectivity index (χ2n) is 6.78. The van der Waals surface area contributed by atoms with Crippen LogP contribution in [0.4, 0.5) is 0 Å². The molecule has 0 amide bonds. The van der Waals surface area contributed by atoms with E-state index < -0.39 is 8.32 Å². The van der Waals surface area contributed by atoms with Gasteiger partial charge in [-0.1, -0.05) is 43.0 Å². The smallest absolute Gasteiger partial charge is 0.0771 e. The third kappa shape index (κ3) is 13.1. The molecule has 1 nitrogen and oxygen atoms in total. The van der Waals surface area contributed by atoms with Gasteiger partial charge < -0.3 is 18.8 Å². The minimum absolute atomic E-state index is 0. The van der Waals surface area contributed by atoms with Gasteiger partial charge in [0, 0.05) is 0 Å². The van der Waals surface area contributed by atoms with Gasteiger partial charge in [-0.15, -0.1) is 71.0 Å². The van der Waals surface area contributed by atoms with Gasteiger partial charge in [0.2, 0.25) is 0 Å². The van der Waals surface area contributed by atoms with Crippen molar-refractivity contribution in [3.05, 3.63) is 93.3 Å². The summed E-state index contributed by atoms with van der Waals surface area (Å²) in [4.78, 5) is 0. The minimum Gasteiger partial charge on any atom is -0.126 e. The molecule has 0 saturated heterocycles. The van der Waals surface area contributed by atoms with Gasteiger partial charge in [-0.3, -0.25) is 6.08 Å². The Bertz CT molecular complexity index is 810. The summed E-state index contributed by atoms with van der Waals surface area (Å²) in [5, 5.41) is 5.39. The SMILES string of the molecule is Cl.Cl.[C-]1=CC=CC1.[CH2-]CO[Si](C)(C)C.[CH3-].[Si]=[Zr].c1ccc2c(c1)[cH-]c1ccccc12. The summed E-state index contributed by atoms with van der Waals surface area (Å²) in [5.41, 5.74) is 0. The molecule has 0 heterocycles. The molecule has 0 aliphatic heterocycles. The van der Waals surface area contributed by atoms with Gasteiger partial charge in [0.1, 0.15) is 0 Å². The Morgan fingerprint density at radius 1 is 1.00 bits per heavy atom. The van der Waals surface area contributed by atoms with Crippen LogP contribution in [0.2, 0.25) is 19.6 Å². The van der Waals surface area contributed by atoms with E-state index in [4.69, 9.17) is 4.43 Å². The fourth-order valence-electron chi connectivity index (χ4n) is 2.55. The number of rotatable bonds is 2. The molecular formula is C24H32Cl2OSi2Zr-4. The Kier molecular flexibility index (Phi) is 22.1. The number of benzene rings is 2. The van der Waals surface area contributed by atoms with Crippen molar-refractivity contribution in [1.82, 2.24) is 0 Å². The molecule has 2 radical (unpaired) electrons. The second-order valence-corrected chi connectivity index (χ2v) is 11.3. The van der Waals surface area contributed by atoms with Gasteiger partial charge in [-0.25, -0.2) is 12.2 Å². The number of hydrogen-bond donors (Lipinski definition) is 0. The fourth-order valence-corrected chi connectivity index (χ4v) is 3.16. The van der Waals surface area contributed by atoms with Crippen LogP contribution in [0.1, 0.15) is 6.42 Å². The molecule has 0 fully saturated rings. The van der Waals surface area contributed by atoms with Crippen molar-refractivity contribution in [2.45, 2.75) is 26.1 Å². The van der Waals surface area contributed by atoms with Crippen LogP contribution in [-0.4, -0.2) is 21.8 Å². The summed E-state index contributed by atoms with van der Waals surface area (Å²) in [6.07, 6.45) is 10.0. The predicted molar refractivity (Wildman–Crippen MR) is 140 cm³/mol. The molecule has 4 rings (SSSR count). The third-order valence-electron chi connectivity index (χ3n) is 3.64. The largest absolute Gasteiger partial charge is 0.126 e. The summed E-state index contributed by atoms with van der Waals surface area (Å²) in [5.74, 6) is 0. The molecule has 3 aromatic rings. The van der Waals surface area contributed by atoms with Crippen LogP contribution in [0.15, 0.2) is 72.8 Å². The maximum atomic E-state index is 5.26. The normalized spacial score (nSPS) is 10.6. The monoisotopic (exact) mass is 552 g/mol. The van der Waals surface area contributed by atoms with E-state index in [0.29, 0.717) is 6.61 Å². The molecular weight excluding hydrogens is 523 g/mol. The van der Waals surface area contributed by atoms with Crippen molar-refractivity contribution in [3.63, 3.8) is 0 Å². The Labute approximate surface area is 213 Å². The average molecular weight is 555 g/mol. The zero-order valence-electron chi connectivity index (χ0n) is 18.3. The zero-order valence-corrected chi connectivity index (χ0v) is 24.4. The maximum Gasteiger partial charge on any atom is -0.0771 e. The van der Waals surface area contributed by atoms with Crippen LogP contribution < -0.4 is 0 Å². The molecule has 3 aromatic carbocycles. The van der Waals surface area contributed by atoms with Crippen molar-refractivity contribution in [2.75, 3.05) is 6.61 Å². The molecule has 30 heavy (non-hydrogen) atoms. The second kappa shape index (κ2) is 19.3. The molecule has 0 unspecified atom stereocenters. The summed E-state index contributed by atoms with van der Waals surface area (Å²) in [7, 11) is -1.22. The van der Waals surface area contributed by atoms with Crippen molar-refractivity contribution in [3.8, 4) is 0 Å². The summed E-state index contributed by atoms with van der Waals surface area (Å²) in [6, 6.07) is 19.3. The Morgan fingerprint density at radius 2 is 1.47 bits per heavy atom. The molecule has 0 bridgehead atoms. The first kappa shape index (κ1) is 34.3. The number of fused-ring (bicyclic) bond motifs is 3. The van der Waals surface area contributed by atoms with Crippen molar-refractivity contribution < 1.29 is 27.8 Å². The van der Waals surface area contributed by atoms with Crippen LogP contribution >= 0.6 is 24.8 Å². The van der Waals surface area contributed by atoms with E-state index >= 15 is 0 Å². The van der Waals surface area contributed by atoms with Crippen molar-refractivity contribution in [1.29, 1.82) is 0 Å². The van der Waals surface area contributed by atoms with Crippen molar-refractivity contribution >= 4 is 61.6 Å². The topological polar surface area (TPSA) is 9.23 Å². The van der Waals surface area contributed by atoms with Crippen LogP contribution in [0, 0.1) is 20.4 Å². The molecule has 0 saturated carbocycles. The standard InChI is InChI=1S/C13H9.C5H13OSi.C5H5.CH3.2ClH.Si.Zr/c1-3-7-12-10(5-1)9-11-6-2-4-8-13(11)12;1-5-6-7(2,3)4;1-2-4-5-3-1;;;;;/h1-9H;1,5H2,2-4H3;1-3H,4H2;1H3;2*1H;;/q4*-1;;;;. The molecule has 0 N–H and O–H groups in total. The summed E-state index contributed by atoms with van der Waals surface area (Å²) in [6.45, 7) is 13.7. The maximum absolute atomic E-state index is 5.26. The average Bonchev–Trinajstić information content (AvgIpc) is 3.34. The summed E-state index contributed by atoms with van der Waals surface area (Å²) >= 11 is 1.36. The van der Waals surface area contributed by atoms with Crippen LogP contribution in [-0.2, 0) is 27.8 Å². The van der Waals surface area contributed by atoms with E-state index in [1.165, 1.54) is 44.9 Å². The number of allylic oxidation sites excluding steroid dienone is 4. The van der Waals surface area contributed by atoms with Gasteiger partial charge in [-0.2, -0.15) is 6.08 Å². The van der Waals surface area contributed by atoms with E-state index in [9.17, 15) is 0 Å². The molecule has 164 valence electrons. The first-order valence-electron chi connectivity index (χ1n) is 8.94. The molecule has 0 aromatic heterocycles. The van der Waals surface area contributed by atoms with Crippen LogP contribution in [0.3, 0.4) is 0 Å². The van der Waals surface area contributed by atoms with Gasteiger partial charge in [0.15, 0.2) is 8.32 Å². The molecule has 1 aliphatic carbocycles. The molecule has 0 atom stereocenters. The first-order chi connectivity index (χ1) is 13.0. The van der Waals surface area contributed by atoms with Crippen LogP contribution in [0.25, 0.3) is 21.5 Å². The number of halogens is 2. The van der Waals surface area contributed by atoms with Crippen LogP contribution in [0.5, 0.6) is 0 Å². The minimum atomic E-state index is -1.22. The molecule has 6 heteroatoms. The van der Waals surface area contributed by atoms with E-state index in [-0.39, 0.29) is 32.2 Å². The Morgan fingerprint density at radius 3 is 1.73 bits per heavy atom. The first-order valence-corrected chi connectivity index (χ1v) is 16.5. The number of hydrogen-bond acceptors (Lipinski definition) is 1.